The molecule has 6 nitrogen and oxygen atoms in total. The van der Waals surface area contributed by atoms with Gasteiger partial charge in [0.2, 0.25) is 0 Å². The van der Waals surface area contributed by atoms with Crippen LogP contribution >= 0.6 is 0 Å². The number of H-pyrrole nitrogens is 1. The van der Waals surface area contributed by atoms with Gasteiger partial charge in [0.25, 0.3) is 5.91 Å². The van der Waals surface area contributed by atoms with Crippen LogP contribution in [0.1, 0.15) is 49.0 Å². The number of anilines is 1. The van der Waals surface area contributed by atoms with Crippen molar-refractivity contribution >= 4 is 11.6 Å². The molecular weight excluding hydrogens is 266 g/mol. The molecule has 3 N–H and O–H groups in total. The van der Waals surface area contributed by atoms with Gasteiger partial charge in [-0.2, -0.15) is 0 Å². The van der Waals surface area contributed by atoms with Crippen molar-refractivity contribution in [2.75, 3.05) is 11.9 Å². The molecule has 2 heterocycles. The lowest BCUT2D eigenvalue weighted by Gasteiger charge is -2.14. The summed E-state index contributed by atoms with van der Waals surface area (Å²) in [6.45, 7) is 4.96. The van der Waals surface area contributed by atoms with Gasteiger partial charge in [-0.1, -0.05) is 13.8 Å². The molecule has 112 valence electrons. The number of aromatic nitrogens is 3. The maximum absolute atomic E-state index is 12.3. The molecule has 0 saturated heterocycles. The van der Waals surface area contributed by atoms with Gasteiger partial charge in [0.1, 0.15) is 11.5 Å². The van der Waals surface area contributed by atoms with Gasteiger partial charge in [-0.3, -0.25) is 9.78 Å². The van der Waals surface area contributed by atoms with E-state index in [9.17, 15) is 4.79 Å². The van der Waals surface area contributed by atoms with Crippen molar-refractivity contribution in [1.82, 2.24) is 20.3 Å². The van der Waals surface area contributed by atoms with Gasteiger partial charge >= 0.3 is 0 Å². The second-order valence-corrected chi connectivity index (χ2v) is 4.77. The van der Waals surface area contributed by atoms with Crippen molar-refractivity contribution in [2.45, 2.75) is 32.7 Å². The Morgan fingerprint density at radius 1 is 1.33 bits per heavy atom. The van der Waals surface area contributed by atoms with Crippen molar-refractivity contribution in [1.29, 1.82) is 0 Å². The van der Waals surface area contributed by atoms with Crippen molar-refractivity contribution in [3.8, 4) is 0 Å². The normalized spacial score (nSPS) is 11.9. The Bertz CT molecular complexity index is 567. The minimum Gasteiger partial charge on any atom is -0.385 e. The molecule has 2 aromatic heterocycles. The Balaban J connectivity index is 2.05. The summed E-state index contributed by atoms with van der Waals surface area (Å²) >= 11 is 0. The summed E-state index contributed by atoms with van der Waals surface area (Å²) < 4.78 is 0. The summed E-state index contributed by atoms with van der Waals surface area (Å²) in [5.74, 6) is 0.560. The van der Waals surface area contributed by atoms with E-state index < -0.39 is 0 Å². The van der Waals surface area contributed by atoms with E-state index in [0.717, 1.165) is 30.9 Å². The molecule has 0 spiro atoms. The minimum atomic E-state index is -0.196. The first kappa shape index (κ1) is 15.0. The first-order valence-corrected chi connectivity index (χ1v) is 7.24. The molecule has 1 atom stereocenters. The summed E-state index contributed by atoms with van der Waals surface area (Å²) in [6.07, 6.45) is 6.85. The fourth-order valence-electron chi connectivity index (χ4n) is 2.00. The Labute approximate surface area is 124 Å². The Morgan fingerprint density at radius 3 is 2.86 bits per heavy atom. The van der Waals surface area contributed by atoms with Gasteiger partial charge in [-0.15, -0.1) is 0 Å². The Morgan fingerprint density at radius 2 is 2.19 bits per heavy atom. The fourth-order valence-corrected chi connectivity index (χ4v) is 2.00. The average molecular weight is 287 g/mol. The molecule has 0 fully saturated rings. The third kappa shape index (κ3) is 4.05. The van der Waals surface area contributed by atoms with E-state index in [-0.39, 0.29) is 11.9 Å². The summed E-state index contributed by atoms with van der Waals surface area (Å²) in [7, 11) is 0. The topological polar surface area (TPSA) is 82.7 Å². The zero-order valence-corrected chi connectivity index (χ0v) is 12.4. The molecule has 0 aromatic carbocycles. The number of imidazole rings is 1. The highest BCUT2D eigenvalue weighted by atomic mass is 16.1. The van der Waals surface area contributed by atoms with Crippen molar-refractivity contribution in [3.63, 3.8) is 0 Å². The lowest BCUT2D eigenvalue weighted by molar-refractivity contribution is 0.0929. The summed E-state index contributed by atoms with van der Waals surface area (Å²) in [5.41, 5.74) is 1.31. The number of aromatic amines is 1. The number of carbonyl (C=O) groups is 1. The van der Waals surface area contributed by atoms with E-state index in [1.54, 1.807) is 24.7 Å². The Kier molecular flexibility index (Phi) is 5.31. The SMILES string of the molecule is CCCNc1ccnc(C(=O)NC(CC)c2ncc[nH]2)c1. The number of hydrogen-bond acceptors (Lipinski definition) is 4. The van der Waals surface area contributed by atoms with Crippen molar-refractivity contribution in [2.24, 2.45) is 0 Å². The summed E-state index contributed by atoms with van der Waals surface area (Å²) in [5, 5.41) is 6.19. The highest BCUT2D eigenvalue weighted by Gasteiger charge is 2.16. The van der Waals surface area contributed by atoms with E-state index in [0.29, 0.717) is 5.69 Å². The molecular formula is C15H21N5O. The molecule has 21 heavy (non-hydrogen) atoms. The van der Waals surface area contributed by atoms with Crippen LogP contribution in [-0.4, -0.2) is 27.4 Å². The van der Waals surface area contributed by atoms with Gasteiger partial charge in [-0.25, -0.2) is 4.98 Å². The number of carbonyl (C=O) groups excluding carboxylic acids is 1. The molecule has 2 aromatic rings. The highest BCUT2D eigenvalue weighted by Crippen LogP contribution is 2.13. The van der Waals surface area contributed by atoms with Gasteiger partial charge in [0, 0.05) is 30.8 Å². The molecule has 0 radical (unpaired) electrons. The van der Waals surface area contributed by atoms with Crippen LogP contribution in [0.2, 0.25) is 0 Å². The smallest absolute Gasteiger partial charge is 0.270 e. The molecule has 0 aliphatic rings. The van der Waals surface area contributed by atoms with Gasteiger partial charge in [-0.05, 0) is 25.0 Å². The standard InChI is InChI=1S/C15H21N5O/c1-3-6-16-11-5-7-17-13(10-11)15(21)20-12(4-2)14-18-8-9-19-14/h5,7-10,12H,3-4,6H2,1-2H3,(H,16,17)(H,18,19)(H,20,21). The maximum Gasteiger partial charge on any atom is 0.270 e. The van der Waals surface area contributed by atoms with E-state index in [1.165, 1.54) is 0 Å². The van der Waals surface area contributed by atoms with Crippen LogP contribution in [0.5, 0.6) is 0 Å². The van der Waals surface area contributed by atoms with Crippen LogP contribution in [0.15, 0.2) is 30.7 Å². The van der Waals surface area contributed by atoms with Crippen LogP contribution < -0.4 is 10.6 Å². The highest BCUT2D eigenvalue weighted by molar-refractivity contribution is 5.93. The molecule has 1 unspecified atom stereocenters. The number of nitrogens with zero attached hydrogens (tertiary/aromatic N) is 2. The maximum atomic E-state index is 12.3. The number of nitrogens with one attached hydrogen (secondary N) is 3. The zero-order valence-electron chi connectivity index (χ0n) is 12.4. The molecule has 0 bridgehead atoms. The number of pyridine rings is 1. The minimum absolute atomic E-state index is 0.137. The second kappa shape index (κ2) is 7.42. The largest absolute Gasteiger partial charge is 0.385 e. The first-order valence-electron chi connectivity index (χ1n) is 7.24. The summed E-state index contributed by atoms with van der Waals surface area (Å²) in [6, 6.07) is 3.48. The number of rotatable bonds is 7. The van der Waals surface area contributed by atoms with E-state index >= 15 is 0 Å². The van der Waals surface area contributed by atoms with Gasteiger partial charge in [0.05, 0.1) is 6.04 Å². The average Bonchev–Trinajstić information content (AvgIpc) is 3.04. The van der Waals surface area contributed by atoms with Crippen LogP contribution in [0.3, 0.4) is 0 Å². The van der Waals surface area contributed by atoms with Crippen molar-refractivity contribution in [3.05, 3.63) is 42.2 Å². The predicted molar refractivity (Wildman–Crippen MR) is 82.1 cm³/mol. The molecule has 0 aliphatic heterocycles. The molecule has 0 saturated carbocycles. The molecule has 0 aliphatic carbocycles. The van der Waals surface area contributed by atoms with Crippen LogP contribution in [0, 0.1) is 0 Å². The fraction of sp³-hybridized carbons (Fsp3) is 0.400. The lowest BCUT2D eigenvalue weighted by atomic mass is 10.2. The van der Waals surface area contributed by atoms with E-state index in [4.69, 9.17) is 0 Å². The van der Waals surface area contributed by atoms with Crippen LogP contribution in [0.25, 0.3) is 0 Å². The van der Waals surface area contributed by atoms with E-state index in [1.807, 2.05) is 13.0 Å². The monoisotopic (exact) mass is 287 g/mol. The van der Waals surface area contributed by atoms with Crippen molar-refractivity contribution < 1.29 is 4.79 Å². The number of amides is 1. The van der Waals surface area contributed by atoms with Crippen LogP contribution in [-0.2, 0) is 0 Å². The lowest BCUT2D eigenvalue weighted by Crippen LogP contribution is -2.29. The predicted octanol–water partition coefficient (Wildman–Crippen LogP) is 2.51. The van der Waals surface area contributed by atoms with E-state index in [2.05, 4.69) is 32.5 Å². The number of hydrogen-bond donors (Lipinski definition) is 3. The zero-order chi connectivity index (χ0) is 15.1. The third-order valence-corrected chi connectivity index (χ3v) is 3.13. The quantitative estimate of drug-likeness (QED) is 0.730. The van der Waals surface area contributed by atoms with Gasteiger partial charge < -0.3 is 15.6 Å². The second-order valence-electron chi connectivity index (χ2n) is 4.77. The molecule has 6 heteroatoms. The van der Waals surface area contributed by atoms with Gasteiger partial charge in [0.15, 0.2) is 0 Å². The third-order valence-electron chi connectivity index (χ3n) is 3.13. The molecule has 2 rings (SSSR count). The van der Waals surface area contributed by atoms with Crippen LogP contribution in [0.4, 0.5) is 5.69 Å². The molecule has 1 amide bonds. The first-order chi connectivity index (χ1) is 10.2. The summed E-state index contributed by atoms with van der Waals surface area (Å²) in [4.78, 5) is 23.6. The Hall–Kier alpha value is -2.37.